The molecule has 1 fully saturated rings. The maximum atomic E-state index is 12.5. The Hall–Kier alpha value is -2.33. The molecular formula is C25H35N3O. The summed E-state index contributed by atoms with van der Waals surface area (Å²) in [4.78, 5) is 17.5. The van der Waals surface area contributed by atoms with E-state index in [1.165, 1.54) is 11.3 Å². The van der Waals surface area contributed by atoms with Crippen LogP contribution >= 0.6 is 0 Å². The standard InChI is InChI=1S/C25H35N3O/c1-3-24(22-11-5-4-6-12-22)25(29)26-14-7-8-15-27-16-18-28(19-17-27)23-13-9-10-21(2)20-23/h4-6,9-13,20,24H,3,7-8,14-19H2,1-2H3,(H,26,29)/t24-/m1/s1. The maximum absolute atomic E-state index is 12.5. The number of hydrogen-bond donors (Lipinski definition) is 1. The second-order valence-corrected chi connectivity index (χ2v) is 8.04. The molecule has 0 aliphatic carbocycles. The number of rotatable bonds is 9. The molecule has 1 aliphatic rings. The van der Waals surface area contributed by atoms with Crippen LogP contribution in [0.3, 0.4) is 0 Å². The number of nitrogens with zero attached hydrogens (tertiary/aromatic N) is 2. The zero-order chi connectivity index (χ0) is 20.5. The normalized spacial score (nSPS) is 15.9. The molecule has 4 heteroatoms. The molecule has 156 valence electrons. The van der Waals surface area contributed by atoms with Crippen LogP contribution in [0.25, 0.3) is 0 Å². The molecule has 0 aromatic heterocycles. The molecule has 2 aromatic carbocycles. The topological polar surface area (TPSA) is 35.6 Å². The van der Waals surface area contributed by atoms with Crippen LogP contribution in [-0.4, -0.2) is 50.1 Å². The summed E-state index contributed by atoms with van der Waals surface area (Å²) in [5, 5.41) is 3.14. The van der Waals surface area contributed by atoms with E-state index in [0.717, 1.165) is 64.1 Å². The van der Waals surface area contributed by atoms with Gasteiger partial charge in [0.1, 0.15) is 0 Å². The number of aryl methyl sites for hydroxylation is 1. The van der Waals surface area contributed by atoms with Gasteiger partial charge in [0.25, 0.3) is 0 Å². The summed E-state index contributed by atoms with van der Waals surface area (Å²) in [7, 11) is 0. The van der Waals surface area contributed by atoms with Gasteiger partial charge >= 0.3 is 0 Å². The van der Waals surface area contributed by atoms with Crippen molar-refractivity contribution in [2.75, 3.05) is 44.2 Å². The number of unbranched alkanes of at least 4 members (excludes halogenated alkanes) is 1. The van der Waals surface area contributed by atoms with Crippen LogP contribution in [0.2, 0.25) is 0 Å². The fourth-order valence-electron chi connectivity index (χ4n) is 4.11. The molecule has 1 aliphatic heterocycles. The first-order valence-corrected chi connectivity index (χ1v) is 11.0. The number of amides is 1. The average Bonchev–Trinajstić information content (AvgIpc) is 2.75. The van der Waals surface area contributed by atoms with Gasteiger partial charge in [0, 0.05) is 38.4 Å². The SMILES string of the molecule is CC[C@@H](C(=O)NCCCCN1CCN(c2cccc(C)c2)CC1)c1ccccc1. The third kappa shape index (κ3) is 6.33. The molecule has 1 atom stereocenters. The van der Waals surface area contributed by atoms with Crippen LogP contribution in [0.1, 0.15) is 43.2 Å². The number of carbonyl (C=O) groups is 1. The predicted molar refractivity (Wildman–Crippen MR) is 122 cm³/mol. The highest BCUT2D eigenvalue weighted by Crippen LogP contribution is 2.19. The minimum Gasteiger partial charge on any atom is -0.369 e. The lowest BCUT2D eigenvalue weighted by Crippen LogP contribution is -2.46. The summed E-state index contributed by atoms with van der Waals surface area (Å²) < 4.78 is 0. The van der Waals surface area contributed by atoms with E-state index < -0.39 is 0 Å². The highest BCUT2D eigenvalue weighted by Gasteiger charge is 2.18. The molecule has 29 heavy (non-hydrogen) atoms. The van der Waals surface area contributed by atoms with Gasteiger partial charge in [0.05, 0.1) is 5.92 Å². The summed E-state index contributed by atoms with van der Waals surface area (Å²) in [5.74, 6) is 0.122. The summed E-state index contributed by atoms with van der Waals surface area (Å²) in [6, 6.07) is 18.9. The minimum atomic E-state index is -0.0362. The predicted octanol–water partition coefficient (Wildman–Crippen LogP) is 4.21. The number of hydrogen-bond acceptors (Lipinski definition) is 3. The van der Waals surface area contributed by atoms with Crippen LogP contribution in [0.15, 0.2) is 54.6 Å². The second kappa shape index (κ2) is 11.0. The van der Waals surface area contributed by atoms with E-state index >= 15 is 0 Å². The number of carbonyl (C=O) groups excluding carboxylic acids is 1. The lowest BCUT2D eigenvalue weighted by atomic mass is 9.95. The van der Waals surface area contributed by atoms with Crippen molar-refractivity contribution in [3.63, 3.8) is 0 Å². The molecule has 0 radical (unpaired) electrons. The number of piperazine rings is 1. The molecule has 1 saturated heterocycles. The molecule has 1 heterocycles. The van der Waals surface area contributed by atoms with Crippen molar-refractivity contribution in [3.8, 4) is 0 Å². The summed E-state index contributed by atoms with van der Waals surface area (Å²) in [5.41, 5.74) is 3.78. The molecular weight excluding hydrogens is 358 g/mol. The highest BCUT2D eigenvalue weighted by atomic mass is 16.1. The second-order valence-electron chi connectivity index (χ2n) is 8.04. The number of nitrogens with one attached hydrogen (secondary N) is 1. The quantitative estimate of drug-likeness (QED) is 0.649. The maximum Gasteiger partial charge on any atom is 0.227 e. The van der Waals surface area contributed by atoms with E-state index in [1.54, 1.807) is 0 Å². The highest BCUT2D eigenvalue weighted by molar-refractivity contribution is 5.83. The molecule has 1 N–H and O–H groups in total. The third-order valence-corrected chi connectivity index (χ3v) is 5.87. The Kier molecular flexibility index (Phi) is 8.12. The van der Waals surface area contributed by atoms with Crippen molar-refractivity contribution < 1.29 is 4.79 Å². The summed E-state index contributed by atoms with van der Waals surface area (Å²) in [6.07, 6.45) is 3.00. The minimum absolute atomic E-state index is 0.0362. The molecule has 2 aromatic rings. The fourth-order valence-corrected chi connectivity index (χ4v) is 4.11. The van der Waals surface area contributed by atoms with Crippen molar-refractivity contribution in [2.45, 2.75) is 39.0 Å². The third-order valence-electron chi connectivity index (χ3n) is 5.87. The Morgan fingerprint density at radius 1 is 1.00 bits per heavy atom. The fraction of sp³-hybridized carbons (Fsp3) is 0.480. The molecule has 0 saturated carbocycles. The first-order valence-electron chi connectivity index (χ1n) is 11.0. The first-order chi connectivity index (χ1) is 14.2. The van der Waals surface area contributed by atoms with Crippen molar-refractivity contribution in [1.82, 2.24) is 10.2 Å². The van der Waals surface area contributed by atoms with Gasteiger partial charge < -0.3 is 10.2 Å². The molecule has 4 nitrogen and oxygen atoms in total. The lowest BCUT2D eigenvalue weighted by Gasteiger charge is -2.36. The van der Waals surface area contributed by atoms with Gasteiger partial charge in [0.2, 0.25) is 5.91 Å². The lowest BCUT2D eigenvalue weighted by molar-refractivity contribution is -0.122. The van der Waals surface area contributed by atoms with Crippen LogP contribution in [0.4, 0.5) is 5.69 Å². The zero-order valence-electron chi connectivity index (χ0n) is 17.9. The molecule has 3 rings (SSSR count). The van der Waals surface area contributed by atoms with Crippen LogP contribution < -0.4 is 10.2 Å². The Bertz CT molecular complexity index is 754. The van der Waals surface area contributed by atoms with Gasteiger partial charge in [-0.3, -0.25) is 9.69 Å². The Morgan fingerprint density at radius 3 is 2.45 bits per heavy atom. The van der Waals surface area contributed by atoms with Crippen molar-refractivity contribution in [3.05, 3.63) is 65.7 Å². The smallest absolute Gasteiger partial charge is 0.227 e. The van der Waals surface area contributed by atoms with E-state index in [1.807, 2.05) is 30.3 Å². The van der Waals surface area contributed by atoms with Crippen molar-refractivity contribution >= 4 is 11.6 Å². The Balaban J connectivity index is 1.32. The largest absolute Gasteiger partial charge is 0.369 e. The molecule has 0 unspecified atom stereocenters. The Labute approximate surface area is 175 Å². The van der Waals surface area contributed by atoms with Gasteiger partial charge in [-0.15, -0.1) is 0 Å². The average molecular weight is 394 g/mol. The van der Waals surface area contributed by atoms with Gasteiger partial charge in [-0.1, -0.05) is 49.4 Å². The summed E-state index contributed by atoms with van der Waals surface area (Å²) in [6.45, 7) is 10.5. The van der Waals surface area contributed by atoms with E-state index in [9.17, 15) is 4.79 Å². The van der Waals surface area contributed by atoms with Gasteiger partial charge in [-0.2, -0.15) is 0 Å². The summed E-state index contributed by atoms with van der Waals surface area (Å²) >= 11 is 0. The molecule has 0 bridgehead atoms. The monoisotopic (exact) mass is 393 g/mol. The van der Waals surface area contributed by atoms with Crippen LogP contribution in [0, 0.1) is 6.92 Å². The van der Waals surface area contributed by atoms with Crippen molar-refractivity contribution in [2.24, 2.45) is 0 Å². The van der Waals surface area contributed by atoms with Gasteiger partial charge in [-0.25, -0.2) is 0 Å². The van der Waals surface area contributed by atoms with Gasteiger partial charge in [-0.05, 0) is 56.0 Å². The van der Waals surface area contributed by atoms with E-state index in [4.69, 9.17) is 0 Å². The first kappa shape index (κ1) is 21.4. The van der Waals surface area contributed by atoms with Gasteiger partial charge in [0.15, 0.2) is 0 Å². The van der Waals surface area contributed by atoms with E-state index in [2.05, 4.69) is 53.2 Å². The number of benzene rings is 2. The van der Waals surface area contributed by atoms with E-state index in [-0.39, 0.29) is 11.8 Å². The number of anilines is 1. The zero-order valence-corrected chi connectivity index (χ0v) is 17.9. The molecule has 1 amide bonds. The molecule has 0 spiro atoms. The Morgan fingerprint density at radius 2 is 1.76 bits per heavy atom. The van der Waals surface area contributed by atoms with E-state index in [0.29, 0.717) is 0 Å². The van der Waals surface area contributed by atoms with Crippen molar-refractivity contribution in [1.29, 1.82) is 0 Å². The van der Waals surface area contributed by atoms with Crippen LogP contribution in [0.5, 0.6) is 0 Å². The van der Waals surface area contributed by atoms with Crippen LogP contribution in [-0.2, 0) is 4.79 Å².